The van der Waals surface area contributed by atoms with Crippen LogP contribution in [0.4, 0.5) is 4.79 Å². The zero-order valence-corrected chi connectivity index (χ0v) is 14.3. The molecule has 0 bridgehead atoms. The fourth-order valence-electron chi connectivity index (χ4n) is 2.30. The van der Waals surface area contributed by atoms with Crippen molar-refractivity contribution in [3.63, 3.8) is 0 Å². The molecule has 1 rings (SSSR count). The second-order valence-electron chi connectivity index (χ2n) is 6.59. The summed E-state index contributed by atoms with van der Waals surface area (Å²) in [5.74, 6) is -2.47. The predicted molar refractivity (Wildman–Crippen MR) is 82.1 cm³/mol. The average molecular weight is 344 g/mol. The van der Waals surface area contributed by atoms with Gasteiger partial charge in [-0.15, -0.1) is 0 Å². The van der Waals surface area contributed by atoms with Crippen molar-refractivity contribution in [2.24, 2.45) is 5.92 Å². The minimum Gasteiger partial charge on any atom is -0.480 e. The van der Waals surface area contributed by atoms with Gasteiger partial charge in [-0.3, -0.25) is 9.59 Å². The van der Waals surface area contributed by atoms with Crippen LogP contribution in [0.2, 0.25) is 0 Å². The van der Waals surface area contributed by atoms with Gasteiger partial charge < -0.3 is 24.8 Å². The molecule has 0 spiro atoms. The Morgan fingerprint density at radius 1 is 1.38 bits per heavy atom. The smallest absolute Gasteiger partial charge is 0.408 e. The molecular formula is C15H24N2O7. The number of carboxylic acids is 1. The van der Waals surface area contributed by atoms with Crippen LogP contribution in [0.1, 0.15) is 33.6 Å². The number of esters is 1. The molecule has 2 atom stereocenters. The van der Waals surface area contributed by atoms with Crippen LogP contribution in [0.15, 0.2) is 0 Å². The first-order chi connectivity index (χ1) is 11.0. The Bertz CT molecular complexity index is 512. The first kappa shape index (κ1) is 19.7. The first-order valence-corrected chi connectivity index (χ1v) is 7.61. The summed E-state index contributed by atoms with van der Waals surface area (Å²) in [6, 6.07) is -1.19. The number of methoxy groups -OCH3 is 1. The van der Waals surface area contributed by atoms with Crippen LogP contribution < -0.4 is 5.32 Å². The molecule has 9 heteroatoms. The second-order valence-corrected chi connectivity index (χ2v) is 6.59. The number of likely N-dealkylation sites (tertiary alicyclic amines) is 1. The number of amides is 2. The number of hydrogen-bond acceptors (Lipinski definition) is 6. The molecule has 1 aliphatic heterocycles. The highest BCUT2D eigenvalue weighted by Crippen LogP contribution is 2.19. The van der Waals surface area contributed by atoms with E-state index in [1.54, 1.807) is 20.8 Å². The molecule has 2 amide bonds. The molecule has 1 unspecified atom stereocenters. The summed E-state index contributed by atoms with van der Waals surface area (Å²) in [6.45, 7) is 5.29. The van der Waals surface area contributed by atoms with Crippen LogP contribution in [0.3, 0.4) is 0 Å². The Hall–Kier alpha value is -2.32. The molecule has 0 aliphatic carbocycles. The Labute approximate surface area is 140 Å². The summed E-state index contributed by atoms with van der Waals surface area (Å²) in [5, 5.41) is 11.5. The van der Waals surface area contributed by atoms with Crippen molar-refractivity contribution in [3.8, 4) is 0 Å². The summed E-state index contributed by atoms with van der Waals surface area (Å²) in [4.78, 5) is 47.6. The summed E-state index contributed by atoms with van der Waals surface area (Å²) in [7, 11) is 1.25. The highest BCUT2D eigenvalue weighted by molar-refractivity contribution is 5.87. The lowest BCUT2D eigenvalue weighted by Crippen LogP contribution is -2.45. The number of alkyl carbamates (subject to hydrolysis) is 1. The van der Waals surface area contributed by atoms with E-state index < -0.39 is 35.6 Å². The van der Waals surface area contributed by atoms with Gasteiger partial charge >= 0.3 is 18.0 Å². The maximum Gasteiger partial charge on any atom is 0.408 e. The lowest BCUT2D eigenvalue weighted by atomic mass is 10.1. The summed E-state index contributed by atoms with van der Waals surface area (Å²) >= 11 is 0. The molecular weight excluding hydrogens is 320 g/mol. The lowest BCUT2D eigenvalue weighted by molar-refractivity contribution is -0.145. The monoisotopic (exact) mass is 344 g/mol. The Morgan fingerprint density at radius 3 is 2.50 bits per heavy atom. The Kier molecular flexibility index (Phi) is 6.56. The fourth-order valence-corrected chi connectivity index (χ4v) is 2.30. The van der Waals surface area contributed by atoms with E-state index in [-0.39, 0.29) is 31.8 Å². The Balaban J connectivity index is 2.55. The van der Waals surface area contributed by atoms with Crippen molar-refractivity contribution in [3.05, 3.63) is 0 Å². The topological polar surface area (TPSA) is 122 Å². The van der Waals surface area contributed by atoms with Crippen LogP contribution in [0.25, 0.3) is 0 Å². The number of aliphatic carboxylic acids is 1. The van der Waals surface area contributed by atoms with E-state index in [0.29, 0.717) is 0 Å². The minimum absolute atomic E-state index is 0.00814. The van der Waals surface area contributed by atoms with Crippen LogP contribution in [0.5, 0.6) is 0 Å². The summed E-state index contributed by atoms with van der Waals surface area (Å²) in [5.41, 5.74) is -0.744. The van der Waals surface area contributed by atoms with Gasteiger partial charge in [0.05, 0.1) is 13.0 Å². The van der Waals surface area contributed by atoms with E-state index >= 15 is 0 Å². The first-order valence-electron chi connectivity index (χ1n) is 7.61. The number of nitrogens with zero attached hydrogens (tertiary/aromatic N) is 1. The second kappa shape index (κ2) is 7.98. The van der Waals surface area contributed by atoms with Crippen LogP contribution in [0, 0.1) is 5.92 Å². The number of ether oxygens (including phenoxy) is 2. The quantitative estimate of drug-likeness (QED) is 0.668. The van der Waals surface area contributed by atoms with Gasteiger partial charge in [0.25, 0.3) is 0 Å². The maximum absolute atomic E-state index is 11.9. The molecule has 0 aromatic rings. The van der Waals surface area contributed by atoms with Crippen molar-refractivity contribution < 1.29 is 33.8 Å². The third-order valence-corrected chi connectivity index (χ3v) is 3.43. The molecule has 1 heterocycles. The minimum atomic E-state index is -1.22. The van der Waals surface area contributed by atoms with Crippen molar-refractivity contribution >= 4 is 23.9 Å². The van der Waals surface area contributed by atoms with E-state index in [9.17, 15) is 24.3 Å². The standard InChI is InChI=1S/C15H24N2O7/c1-15(2,3)24-14(22)16-10(12(19)20)5-6-17-8-9(7-11(17)18)13(21)23-4/h9-10H,5-8H2,1-4H3,(H,16,22)(H,19,20)/t9?,10-/m0/s1. The zero-order chi connectivity index (χ0) is 18.5. The summed E-state index contributed by atoms with van der Waals surface area (Å²) < 4.78 is 9.63. The number of rotatable bonds is 6. The van der Waals surface area contributed by atoms with Crippen molar-refractivity contribution in [2.45, 2.75) is 45.3 Å². The molecule has 0 radical (unpaired) electrons. The Morgan fingerprint density at radius 2 is 2.00 bits per heavy atom. The van der Waals surface area contributed by atoms with E-state index in [1.165, 1.54) is 12.0 Å². The third-order valence-electron chi connectivity index (χ3n) is 3.43. The van der Waals surface area contributed by atoms with Gasteiger partial charge in [0.2, 0.25) is 5.91 Å². The normalized spacial score (nSPS) is 18.9. The molecule has 0 saturated carbocycles. The fraction of sp³-hybridized carbons (Fsp3) is 0.733. The number of nitrogens with one attached hydrogen (secondary N) is 1. The van der Waals surface area contributed by atoms with Crippen LogP contribution >= 0.6 is 0 Å². The average Bonchev–Trinajstić information content (AvgIpc) is 2.81. The van der Waals surface area contributed by atoms with Gasteiger partial charge in [-0.1, -0.05) is 0 Å². The zero-order valence-electron chi connectivity index (χ0n) is 14.3. The van der Waals surface area contributed by atoms with E-state index in [4.69, 9.17) is 4.74 Å². The van der Waals surface area contributed by atoms with Crippen LogP contribution in [-0.4, -0.2) is 65.8 Å². The lowest BCUT2D eigenvalue weighted by Gasteiger charge is -2.23. The third kappa shape index (κ3) is 6.05. The molecule has 0 aromatic heterocycles. The van der Waals surface area contributed by atoms with Gasteiger partial charge in [-0.05, 0) is 27.2 Å². The highest BCUT2D eigenvalue weighted by atomic mass is 16.6. The molecule has 9 nitrogen and oxygen atoms in total. The molecule has 1 aliphatic rings. The molecule has 1 fully saturated rings. The van der Waals surface area contributed by atoms with E-state index in [0.717, 1.165) is 0 Å². The molecule has 136 valence electrons. The van der Waals surface area contributed by atoms with Crippen LogP contribution in [-0.2, 0) is 23.9 Å². The number of carbonyl (C=O) groups is 4. The molecule has 1 saturated heterocycles. The van der Waals surface area contributed by atoms with Gasteiger partial charge in [0.15, 0.2) is 0 Å². The number of carboxylic acid groups (broad SMARTS) is 1. The van der Waals surface area contributed by atoms with Gasteiger partial charge in [0.1, 0.15) is 11.6 Å². The SMILES string of the molecule is COC(=O)C1CC(=O)N(CC[C@H](NC(=O)OC(C)(C)C)C(=O)O)C1. The molecule has 24 heavy (non-hydrogen) atoms. The molecule has 2 N–H and O–H groups in total. The molecule has 0 aromatic carbocycles. The number of hydrogen-bond donors (Lipinski definition) is 2. The van der Waals surface area contributed by atoms with Gasteiger partial charge in [-0.25, -0.2) is 9.59 Å². The predicted octanol–water partition coefficient (Wildman–Crippen LogP) is 0.376. The largest absolute Gasteiger partial charge is 0.480 e. The van der Waals surface area contributed by atoms with E-state index in [2.05, 4.69) is 10.1 Å². The number of carbonyl (C=O) groups excluding carboxylic acids is 3. The maximum atomic E-state index is 11.9. The highest BCUT2D eigenvalue weighted by Gasteiger charge is 2.35. The van der Waals surface area contributed by atoms with Crippen molar-refractivity contribution in [2.75, 3.05) is 20.2 Å². The van der Waals surface area contributed by atoms with E-state index in [1.807, 2.05) is 0 Å². The summed E-state index contributed by atoms with van der Waals surface area (Å²) in [6.07, 6.45) is -0.784. The van der Waals surface area contributed by atoms with Crippen molar-refractivity contribution in [1.29, 1.82) is 0 Å². The van der Waals surface area contributed by atoms with Gasteiger partial charge in [0, 0.05) is 19.5 Å². The van der Waals surface area contributed by atoms with Gasteiger partial charge in [-0.2, -0.15) is 0 Å². The van der Waals surface area contributed by atoms with Crippen molar-refractivity contribution in [1.82, 2.24) is 10.2 Å².